The Labute approximate surface area is 108 Å². The summed E-state index contributed by atoms with van der Waals surface area (Å²) in [6, 6.07) is 1.71. The summed E-state index contributed by atoms with van der Waals surface area (Å²) in [6.07, 6.45) is 2.49. The van der Waals surface area contributed by atoms with Crippen molar-refractivity contribution in [1.82, 2.24) is 15.2 Å². The van der Waals surface area contributed by atoms with Crippen molar-refractivity contribution in [2.24, 2.45) is 0 Å². The van der Waals surface area contributed by atoms with Crippen LogP contribution in [0.25, 0.3) is 0 Å². The van der Waals surface area contributed by atoms with Crippen LogP contribution in [-0.2, 0) is 0 Å². The van der Waals surface area contributed by atoms with Gasteiger partial charge in [-0.1, -0.05) is 0 Å². The Hall–Kier alpha value is -0.450. The number of rotatable bonds is 3. The van der Waals surface area contributed by atoms with E-state index in [2.05, 4.69) is 48.4 Å². The average molecular weight is 253 g/mol. The van der Waals surface area contributed by atoms with Crippen molar-refractivity contribution in [3.8, 4) is 0 Å². The third kappa shape index (κ3) is 3.27. The maximum atomic E-state index is 4.56. The van der Waals surface area contributed by atoms with Crippen LogP contribution in [-0.4, -0.2) is 35.6 Å². The van der Waals surface area contributed by atoms with Crippen molar-refractivity contribution in [2.75, 3.05) is 13.6 Å². The summed E-state index contributed by atoms with van der Waals surface area (Å²) in [7, 11) is 2.22. The normalized spacial score (nSPS) is 28.2. The lowest BCUT2D eigenvalue weighted by atomic mass is 9.98. The van der Waals surface area contributed by atoms with Crippen molar-refractivity contribution >= 4 is 11.3 Å². The molecule has 4 heteroatoms. The Morgan fingerprint density at radius 1 is 1.59 bits per heavy atom. The molecule has 0 spiro atoms. The second-order valence-electron chi connectivity index (χ2n) is 5.27. The summed E-state index contributed by atoms with van der Waals surface area (Å²) in [5.41, 5.74) is 1.13. The first-order valence-electron chi connectivity index (χ1n) is 6.44. The molecule has 0 radical (unpaired) electrons. The molecule has 3 atom stereocenters. The zero-order chi connectivity index (χ0) is 12.4. The van der Waals surface area contributed by atoms with E-state index in [-0.39, 0.29) is 0 Å². The van der Waals surface area contributed by atoms with Crippen LogP contribution >= 0.6 is 11.3 Å². The first-order chi connectivity index (χ1) is 8.06. The summed E-state index contributed by atoms with van der Waals surface area (Å²) in [4.78, 5) is 7.00. The van der Waals surface area contributed by atoms with Crippen LogP contribution in [0, 0.1) is 6.92 Å². The van der Waals surface area contributed by atoms with Gasteiger partial charge in [-0.15, -0.1) is 11.3 Å². The van der Waals surface area contributed by atoms with Gasteiger partial charge in [-0.05, 0) is 47.2 Å². The zero-order valence-electron chi connectivity index (χ0n) is 11.2. The van der Waals surface area contributed by atoms with E-state index in [1.165, 1.54) is 24.4 Å². The Kier molecular flexibility index (Phi) is 4.17. The van der Waals surface area contributed by atoms with Crippen LogP contribution in [0.4, 0.5) is 0 Å². The molecule has 96 valence electrons. The molecule has 1 aliphatic heterocycles. The highest BCUT2D eigenvalue weighted by Crippen LogP contribution is 2.22. The molecule has 1 aromatic rings. The summed E-state index contributed by atoms with van der Waals surface area (Å²) in [6.45, 7) is 7.79. The number of nitrogens with zero attached hydrogens (tertiary/aromatic N) is 2. The van der Waals surface area contributed by atoms with Crippen molar-refractivity contribution in [3.63, 3.8) is 0 Å². The molecule has 1 aromatic heterocycles. The van der Waals surface area contributed by atoms with Crippen molar-refractivity contribution < 1.29 is 0 Å². The van der Waals surface area contributed by atoms with E-state index in [4.69, 9.17) is 0 Å². The average Bonchev–Trinajstić information content (AvgIpc) is 2.70. The highest BCUT2D eigenvalue weighted by atomic mass is 32.1. The molecule has 0 saturated carbocycles. The number of aromatic nitrogens is 1. The Balaban J connectivity index is 1.89. The molecular weight excluding hydrogens is 230 g/mol. The maximum absolute atomic E-state index is 4.56. The topological polar surface area (TPSA) is 28.2 Å². The second-order valence-corrected chi connectivity index (χ2v) is 6.16. The lowest BCUT2D eigenvalue weighted by Gasteiger charge is -2.36. The van der Waals surface area contributed by atoms with Gasteiger partial charge in [-0.3, -0.25) is 0 Å². The Morgan fingerprint density at radius 3 is 2.94 bits per heavy atom. The number of hydrogen-bond donors (Lipinski definition) is 1. The Morgan fingerprint density at radius 2 is 2.35 bits per heavy atom. The predicted octanol–water partition coefficient (Wildman–Crippen LogP) is 2.58. The fourth-order valence-electron chi connectivity index (χ4n) is 2.44. The largest absolute Gasteiger partial charge is 0.305 e. The fraction of sp³-hybridized carbons (Fsp3) is 0.769. The van der Waals surface area contributed by atoms with Crippen LogP contribution in [0.1, 0.15) is 43.4 Å². The molecule has 1 saturated heterocycles. The van der Waals surface area contributed by atoms with Gasteiger partial charge in [0.15, 0.2) is 0 Å². The highest BCUT2D eigenvalue weighted by Gasteiger charge is 2.24. The van der Waals surface area contributed by atoms with E-state index in [1.54, 1.807) is 11.3 Å². The molecule has 0 aliphatic carbocycles. The molecule has 1 N–H and O–H groups in total. The lowest BCUT2D eigenvalue weighted by Crippen LogP contribution is -2.46. The molecule has 3 unspecified atom stereocenters. The first kappa shape index (κ1) is 13.0. The van der Waals surface area contributed by atoms with E-state index in [9.17, 15) is 0 Å². The molecule has 2 rings (SSSR count). The van der Waals surface area contributed by atoms with Crippen LogP contribution in [0.15, 0.2) is 5.38 Å². The van der Waals surface area contributed by atoms with E-state index in [1.807, 2.05) is 0 Å². The van der Waals surface area contributed by atoms with E-state index < -0.39 is 0 Å². The molecule has 0 amide bonds. The number of piperidine rings is 1. The van der Waals surface area contributed by atoms with Crippen LogP contribution in [0.3, 0.4) is 0 Å². The summed E-state index contributed by atoms with van der Waals surface area (Å²) < 4.78 is 0. The number of aryl methyl sites for hydroxylation is 1. The molecular formula is C13H23N3S. The number of thiazole rings is 1. The Bertz CT molecular complexity index is 363. The van der Waals surface area contributed by atoms with Crippen molar-refractivity contribution in [1.29, 1.82) is 0 Å². The van der Waals surface area contributed by atoms with Gasteiger partial charge >= 0.3 is 0 Å². The second kappa shape index (κ2) is 5.46. The van der Waals surface area contributed by atoms with Gasteiger partial charge in [0, 0.05) is 23.2 Å². The molecule has 3 nitrogen and oxygen atoms in total. The molecule has 17 heavy (non-hydrogen) atoms. The SMILES string of the molecule is Cc1csc(C(C)NC2CCN(C)C(C)C2)n1. The summed E-state index contributed by atoms with van der Waals surface area (Å²) >= 11 is 1.76. The molecule has 0 aromatic carbocycles. The van der Waals surface area contributed by atoms with E-state index in [0.717, 1.165) is 5.69 Å². The van der Waals surface area contributed by atoms with Crippen LogP contribution in [0.5, 0.6) is 0 Å². The summed E-state index contributed by atoms with van der Waals surface area (Å²) in [5, 5.41) is 7.07. The molecule has 0 bridgehead atoms. The monoisotopic (exact) mass is 253 g/mol. The molecule has 1 fully saturated rings. The maximum Gasteiger partial charge on any atom is 0.110 e. The predicted molar refractivity (Wildman–Crippen MR) is 73.5 cm³/mol. The van der Waals surface area contributed by atoms with Crippen molar-refractivity contribution in [2.45, 2.75) is 51.7 Å². The molecule has 2 heterocycles. The zero-order valence-corrected chi connectivity index (χ0v) is 12.0. The minimum absolute atomic E-state index is 0.384. The first-order valence-corrected chi connectivity index (χ1v) is 7.32. The smallest absolute Gasteiger partial charge is 0.110 e. The van der Waals surface area contributed by atoms with Crippen molar-refractivity contribution in [3.05, 3.63) is 16.1 Å². The van der Waals surface area contributed by atoms with Gasteiger partial charge in [0.2, 0.25) is 0 Å². The highest BCUT2D eigenvalue weighted by molar-refractivity contribution is 7.09. The fourth-order valence-corrected chi connectivity index (χ4v) is 3.25. The summed E-state index contributed by atoms with van der Waals surface area (Å²) in [5.74, 6) is 0. The quantitative estimate of drug-likeness (QED) is 0.897. The van der Waals surface area contributed by atoms with E-state index >= 15 is 0 Å². The van der Waals surface area contributed by atoms with Gasteiger partial charge in [0.25, 0.3) is 0 Å². The molecule has 1 aliphatic rings. The minimum Gasteiger partial charge on any atom is -0.305 e. The van der Waals surface area contributed by atoms with E-state index in [0.29, 0.717) is 18.1 Å². The van der Waals surface area contributed by atoms with Gasteiger partial charge < -0.3 is 10.2 Å². The third-order valence-corrected chi connectivity index (χ3v) is 4.85. The third-order valence-electron chi connectivity index (χ3n) is 3.70. The number of nitrogens with one attached hydrogen (secondary N) is 1. The van der Waals surface area contributed by atoms with Gasteiger partial charge in [0.05, 0.1) is 6.04 Å². The van der Waals surface area contributed by atoms with Crippen LogP contribution in [0.2, 0.25) is 0 Å². The standard InChI is InChI=1S/C13H23N3S/c1-9-8-17-13(14-9)11(3)15-12-5-6-16(4)10(2)7-12/h8,10-12,15H,5-7H2,1-4H3. The minimum atomic E-state index is 0.384. The number of likely N-dealkylation sites (tertiary alicyclic amines) is 1. The van der Waals surface area contributed by atoms with Crippen LogP contribution < -0.4 is 5.32 Å². The van der Waals surface area contributed by atoms with Gasteiger partial charge in [-0.2, -0.15) is 0 Å². The van der Waals surface area contributed by atoms with Gasteiger partial charge in [0.1, 0.15) is 5.01 Å². The van der Waals surface area contributed by atoms with Gasteiger partial charge in [-0.25, -0.2) is 4.98 Å². The number of hydrogen-bond acceptors (Lipinski definition) is 4. The lowest BCUT2D eigenvalue weighted by molar-refractivity contribution is 0.163.